The maximum atomic E-state index is 12.4. The summed E-state index contributed by atoms with van der Waals surface area (Å²) >= 11 is 6.48. The normalized spacial score (nSPS) is 22.1. The fraction of sp³-hybridized carbons (Fsp3) is 0.500. The average molecular weight is 537 g/mol. The highest BCUT2D eigenvalue weighted by molar-refractivity contribution is 6.33. The molecule has 1 aromatic carbocycles. The number of carbonyl (C=O) groups excluding carboxylic acids is 1. The number of nitrogens with zero attached hydrogens (tertiary/aromatic N) is 5. The number of aromatic amines is 1. The van der Waals surface area contributed by atoms with Crippen LogP contribution in [-0.4, -0.2) is 88.2 Å². The molecule has 3 heterocycles. The number of carbonyl (C=O) groups is 1. The van der Waals surface area contributed by atoms with Crippen LogP contribution in [0.3, 0.4) is 0 Å². The highest BCUT2D eigenvalue weighted by Crippen LogP contribution is 2.31. The number of fused-ring (bicyclic) bond motifs is 1. The van der Waals surface area contributed by atoms with Crippen LogP contribution in [0.1, 0.15) is 32.1 Å². The number of nitrogens with one attached hydrogen (secondary N) is 3. The molecular weight excluding hydrogens is 500 g/mol. The van der Waals surface area contributed by atoms with Gasteiger partial charge in [0, 0.05) is 43.2 Å². The molecule has 3 N–H and O–H groups in total. The SMILES string of the molecule is CN(C)C/C=C/C(=O)N1CCC(CN[C@H]2CCC[C@@H](Nc3ncc(Cl)c(-c4n[nH]c5ccccc45)n3)C2)C1. The molecule has 3 atom stereocenters. The molecule has 0 spiro atoms. The molecule has 2 aliphatic rings. The number of likely N-dealkylation sites (tertiary alicyclic amines) is 1. The minimum Gasteiger partial charge on any atom is -0.351 e. The lowest BCUT2D eigenvalue weighted by molar-refractivity contribution is -0.125. The largest absolute Gasteiger partial charge is 0.351 e. The fourth-order valence-electron chi connectivity index (χ4n) is 5.44. The molecule has 1 unspecified atom stereocenters. The lowest BCUT2D eigenvalue weighted by Gasteiger charge is -2.31. The first-order valence-corrected chi connectivity index (χ1v) is 13.9. The fourth-order valence-corrected chi connectivity index (χ4v) is 5.62. The number of hydrogen-bond donors (Lipinski definition) is 3. The van der Waals surface area contributed by atoms with E-state index in [9.17, 15) is 4.79 Å². The number of likely N-dealkylation sites (N-methyl/N-ethyl adjacent to an activating group) is 1. The quantitative estimate of drug-likeness (QED) is 0.356. The van der Waals surface area contributed by atoms with Crippen LogP contribution in [0.15, 0.2) is 42.6 Å². The van der Waals surface area contributed by atoms with Crippen molar-refractivity contribution in [1.82, 2.24) is 35.3 Å². The topological polar surface area (TPSA) is 102 Å². The van der Waals surface area contributed by atoms with Gasteiger partial charge in [-0.15, -0.1) is 0 Å². The zero-order valence-corrected chi connectivity index (χ0v) is 22.9. The maximum Gasteiger partial charge on any atom is 0.246 e. The van der Waals surface area contributed by atoms with Gasteiger partial charge in [-0.1, -0.05) is 35.9 Å². The van der Waals surface area contributed by atoms with E-state index < -0.39 is 0 Å². The van der Waals surface area contributed by atoms with E-state index >= 15 is 0 Å². The van der Waals surface area contributed by atoms with Gasteiger partial charge in [-0.2, -0.15) is 5.10 Å². The van der Waals surface area contributed by atoms with E-state index in [1.54, 1.807) is 12.3 Å². The molecule has 38 heavy (non-hydrogen) atoms. The Morgan fingerprint density at radius 1 is 1.21 bits per heavy atom. The summed E-state index contributed by atoms with van der Waals surface area (Å²) in [6.45, 7) is 3.39. The molecular formula is C28H37ClN8O. The molecule has 0 radical (unpaired) electrons. The molecule has 10 heteroatoms. The summed E-state index contributed by atoms with van der Waals surface area (Å²) < 4.78 is 0. The first-order valence-electron chi connectivity index (χ1n) is 13.5. The van der Waals surface area contributed by atoms with Gasteiger partial charge in [0.05, 0.1) is 16.7 Å². The number of hydrogen-bond acceptors (Lipinski definition) is 7. The van der Waals surface area contributed by atoms with Gasteiger partial charge < -0.3 is 20.4 Å². The summed E-state index contributed by atoms with van der Waals surface area (Å²) in [6, 6.07) is 8.68. The van der Waals surface area contributed by atoms with E-state index in [1.807, 2.05) is 54.2 Å². The Morgan fingerprint density at radius 3 is 2.92 bits per heavy atom. The monoisotopic (exact) mass is 536 g/mol. The summed E-state index contributed by atoms with van der Waals surface area (Å²) in [6.07, 6.45) is 10.7. The molecule has 5 rings (SSSR count). The van der Waals surface area contributed by atoms with E-state index in [1.165, 1.54) is 0 Å². The van der Waals surface area contributed by atoms with E-state index in [-0.39, 0.29) is 11.9 Å². The molecule has 1 aliphatic carbocycles. The van der Waals surface area contributed by atoms with Crippen molar-refractivity contribution < 1.29 is 4.79 Å². The van der Waals surface area contributed by atoms with Crippen LogP contribution in [0.25, 0.3) is 22.3 Å². The molecule has 1 saturated heterocycles. The van der Waals surface area contributed by atoms with Gasteiger partial charge >= 0.3 is 0 Å². The van der Waals surface area contributed by atoms with Crippen molar-refractivity contribution in [3.63, 3.8) is 0 Å². The highest BCUT2D eigenvalue weighted by atomic mass is 35.5. The Labute approximate surface area is 229 Å². The number of benzene rings is 1. The summed E-state index contributed by atoms with van der Waals surface area (Å²) in [7, 11) is 4.00. The summed E-state index contributed by atoms with van der Waals surface area (Å²) in [5.74, 6) is 1.20. The minimum absolute atomic E-state index is 0.126. The third kappa shape index (κ3) is 6.51. The zero-order chi connectivity index (χ0) is 26.5. The second-order valence-electron chi connectivity index (χ2n) is 10.7. The molecule has 0 bridgehead atoms. The van der Waals surface area contributed by atoms with Gasteiger partial charge in [0.25, 0.3) is 0 Å². The Hall–Kier alpha value is -3.01. The Morgan fingerprint density at radius 2 is 2.05 bits per heavy atom. The molecule has 1 aliphatic heterocycles. The van der Waals surface area contributed by atoms with Crippen LogP contribution < -0.4 is 10.6 Å². The van der Waals surface area contributed by atoms with Gasteiger partial charge in [-0.3, -0.25) is 9.89 Å². The van der Waals surface area contributed by atoms with Crippen molar-refractivity contribution in [2.45, 2.75) is 44.2 Å². The van der Waals surface area contributed by atoms with E-state index in [2.05, 4.69) is 25.8 Å². The van der Waals surface area contributed by atoms with Crippen molar-refractivity contribution in [3.8, 4) is 11.4 Å². The number of para-hydroxylation sites is 1. The summed E-state index contributed by atoms with van der Waals surface area (Å²) in [5, 5.41) is 16.3. The van der Waals surface area contributed by atoms with Crippen LogP contribution in [0.2, 0.25) is 5.02 Å². The lowest BCUT2D eigenvalue weighted by atomic mass is 9.90. The minimum atomic E-state index is 0.126. The first-order chi connectivity index (χ1) is 18.5. The predicted molar refractivity (Wildman–Crippen MR) is 152 cm³/mol. The van der Waals surface area contributed by atoms with Crippen molar-refractivity contribution in [3.05, 3.63) is 47.6 Å². The van der Waals surface area contributed by atoms with Crippen molar-refractivity contribution in [2.24, 2.45) is 5.92 Å². The van der Waals surface area contributed by atoms with Gasteiger partial charge in [0.15, 0.2) is 0 Å². The van der Waals surface area contributed by atoms with Gasteiger partial charge in [0.1, 0.15) is 11.4 Å². The van der Waals surface area contributed by atoms with Gasteiger partial charge in [-0.05, 0) is 64.7 Å². The van der Waals surface area contributed by atoms with E-state index in [4.69, 9.17) is 16.6 Å². The Balaban J connectivity index is 1.13. The van der Waals surface area contributed by atoms with Crippen molar-refractivity contribution >= 4 is 34.4 Å². The lowest BCUT2D eigenvalue weighted by Crippen LogP contribution is -2.41. The number of rotatable bonds is 9. The molecule has 1 saturated carbocycles. The molecule has 202 valence electrons. The summed E-state index contributed by atoms with van der Waals surface area (Å²) in [5.41, 5.74) is 2.31. The van der Waals surface area contributed by atoms with E-state index in [0.29, 0.717) is 28.6 Å². The number of aromatic nitrogens is 4. The molecule has 3 aromatic rings. The second-order valence-corrected chi connectivity index (χ2v) is 11.1. The number of anilines is 1. The van der Waals surface area contributed by atoms with Crippen LogP contribution in [0, 0.1) is 5.92 Å². The summed E-state index contributed by atoms with van der Waals surface area (Å²) in [4.78, 5) is 25.7. The van der Waals surface area contributed by atoms with Crippen molar-refractivity contribution in [2.75, 3.05) is 45.6 Å². The first kappa shape index (κ1) is 26.6. The second kappa shape index (κ2) is 12.2. The molecule has 9 nitrogen and oxygen atoms in total. The van der Waals surface area contributed by atoms with Crippen LogP contribution in [0.5, 0.6) is 0 Å². The average Bonchev–Trinajstić information content (AvgIpc) is 3.56. The van der Waals surface area contributed by atoms with Gasteiger partial charge in [0.2, 0.25) is 11.9 Å². The molecule has 2 aromatic heterocycles. The molecule has 2 fully saturated rings. The van der Waals surface area contributed by atoms with Crippen LogP contribution in [0.4, 0.5) is 5.95 Å². The Bertz CT molecular complexity index is 1270. The standard InChI is InChI=1S/C28H37ClN8O/c1-36(2)13-6-11-25(38)37-14-12-19(18-37)16-30-20-7-5-8-21(15-20)32-28-31-17-23(29)27(33-28)26-22-9-3-4-10-24(22)34-35-26/h3-4,6,9-11,17,19-21,30H,5,7-8,12-16,18H2,1-2H3,(H,34,35)(H,31,32,33)/b11-6+/t19?,20-,21+/m0/s1. The van der Waals surface area contributed by atoms with Crippen LogP contribution >= 0.6 is 11.6 Å². The maximum absolute atomic E-state index is 12.4. The number of halogens is 1. The number of H-pyrrole nitrogens is 1. The highest BCUT2D eigenvalue weighted by Gasteiger charge is 2.27. The molecule has 1 amide bonds. The Kier molecular flexibility index (Phi) is 8.56. The zero-order valence-electron chi connectivity index (χ0n) is 22.2. The third-order valence-corrected chi connectivity index (χ3v) is 7.75. The number of amides is 1. The van der Waals surface area contributed by atoms with Crippen molar-refractivity contribution in [1.29, 1.82) is 0 Å². The third-order valence-electron chi connectivity index (χ3n) is 7.47. The van der Waals surface area contributed by atoms with Crippen LogP contribution in [-0.2, 0) is 4.79 Å². The predicted octanol–water partition coefficient (Wildman–Crippen LogP) is 3.95. The smallest absolute Gasteiger partial charge is 0.246 e. The van der Waals surface area contributed by atoms with Gasteiger partial charge in [-0.25, -0.2) is 9.97 Å². The van der Waals surface area contributed by atoms with E-state index in [0.717, 1.165) is 74.9 Å².